The Labute approximate surface area is 158 Å². The van der Waals surface area contributed by atoms with E-state index in [0.717, 1.165) is 16.8 Å². The Morgan fingerprint density at radius 3 is 2.81 bits per heavy atom. The maximum atomic E-state index is 13.3. The second kappa shape index (κ2) is 6.91. The smallest absolute Gasteiger partial charge is 0.327 e. The minimum atomic E-state index is -0.930. The van der Waals surface area contributed by atoms with Crippen molar-refractivity contribution in [2.24, 2.45) is 0 Å². The van der Waals surface area contributed by atoms with Gasteiger partial charge in [-0.1, -0.05) is 41.9 Å². The summed E-state index contributed by atoms with van der Waals surface area (Å²) in [6.45, 7) is 4.55. The maximum absolute atomic E-state index is 13.3. The van der Waals surface area contributed by atoms with Crippen LogP contribution in [-0.4, -0.2) is 43.8 Å². The molecule has 2 aromatic carbocycles. The van der Waals surface area contributed by atoms with Crippen LogP contribution in [0.2, 0.25) is 5.02 Å². The van der Waals surface area contributed by atoms with Crippen molar-refractivity contribution in [3.05, 3.63) is 64.7 Å². The first-order valence-electron chi connectivity index (χ1n) is 8.85. The molecule has 1 fully saturated rings. The molecule has 0 radical (unpaired) electrons. The van der Waals surface area contributed by atoms with Crippen molar-refractivity contribution in [3.63, 3.8) is 0 Å². The van der Waals surface area contributed by atoms with Crippen molar-refractivity contribution in [1.29, 1.82) is 0 Å². The lowest BCUT2D eigenvalue weighted by molar-refractivity contribution is -0.0350. The van der Waals surface area contributed by atoms with Gasteiger partial charge in [0.25, 0.3) is 0 Å². The lowest BCUT2D eigenvalue weighted by Crippen LogP contribution is -2.57. The van der Waals surface area contributed by atoms with Crippen LogP contribution in [0.1, 0.15) is 18.1 Å². The van der Waals surface area contributed by atoms with E-state index in [9.17, 15) is 4.79 Å². The van der Waals surface area contributed by atoms with Gasteiger partial charge in [-0.2, -0.15) is 0 Å². The molecular formula is C20H21ClN2O3. The second-order valence-electron chi connectivity index (χ2n) is 6.30. The van der Waals surface area contributed by atoms with Gasteiger partial charge in [0.05, 0.1) is 25.4 Å². The van der Waals surface area contributed by atoms with Crippen molar-refractivity contribution in [1.82, 2.24) is 4.90 Å². The molecule has 0 bridgehead atoms. The van der Waals surface area contributed by atoms with Crippen LogP contribution in [-0.2, 0) is 15.2 Å². The van der Waals surface area contributed by atoms with Gasteiger partial charge in [0.15, 0.2) is 5.72 Å². The summed E-state index contributed by atoms with van der Waals surface area (Å²) in [5.41, 5.74) is 1.71. The standard InChI is InChI=1S/C20H21ClN2O3/c1-2-25-12-10-22-18-9-8-16(21)14-17(18)20(15-6-4-3-5-7-15)23(19(22)24)11-13-26-20/h3-9,14H,2,10-13H2,1H3. The van der Waals surface area contributed by atoms with E-state index in [-0.39, 0.29) is 6.03 Å². The molecule has 2 heterocycles. The molecule has 136 valence electrons. The van der Waals surface area contributed by atoms with E-state index >= 15 is 0 Å². The minimum absolute atomic E-state index is 0.0686. The van der Waals surface area contributed by atoms with Gasteiger partial charge in [0.2, 0.25) is 0 Å². The Balaban J connectivity index is 1.88. The third kappa shape index (κ3) is 2.58. The fraction of sp³-hybridized carbons (Fsp3) is 0.350. The summed E-state index contributed by atoms with van der Waals surface area (Å²) in [4.78, 5) is 16.9. The molecule has 1 saturated heterocycles. The van der Waals surface area contributed by atoms with Crippen LogP contribution in [0.25, 0.3) is 0 Å². The fourth-order valence-corrected chi connectivity index (χ4v) is 3.98. The van der Waals surface area contributed by atoms with Crippen LogP contribution in [0, 0.1) is 0 Å². The number of benzene rings is 2. The average Bonchev–Trinajstić information content (AvgIpc) is 3.12. The lowest BCUT2D eigenvalue weighted by atomic mass is 9.89. The van der Waals surface area contributed by atoms with Crippen molar-refractivity contribution in [2.45, 2.75) is 12.6 Å². The molecular weight excluding hydrogens is 352 g/mol. The predicted molar refractivity (Wildman–Crippen MR) is 101 cm³/mol. The molecule has 5 nitrogen and oxygen atoms in total. The summed E-state index contributed by atoms with van der Waals surface area (Å²) in [5.74, 6) is 0. The third-order valence-corrected chi connectivity index (χ3v) is 5.15. The lowest BCUT2D eigenvalue weighted by Gasteiger charge is -2.46. The first kappa shape index (κ1) is 17.3. The summed E-state index contributed by atoms with van der Waals surface area (Å²) < 4.78 is 11.7. The number of hydrogen-bond acceptors (Lipinski definition) is 3. The molecule has 1 unspecified atom stereocenters. The summed E-state index contributed by atoms with van der Waals surface area (Å²) in [7, 11) is 0. The normalized spacial score (nSPS) is 21.7. The van der Waals surface area contributed by atoms with Crippen LogP contribution in [0.4, 0.5) is 10.5 Å². The Bertz CT molecular complexity index is 814. The highest BCUT2D eigenvalue weighted by atomic mass is 35.5. The minimum Gasteiger partial charge on any atom is -0.380 e. The Hall–Kier alpha value is -2.08. The first-order valence-corrected chi connectivity index (χ1v) is 9.22. The SMILES string of the molecule is CCOCCN1C(=O)N2CCOC2(c2ccccc2)c2cc(Cl)ccc21. The van der Waals surface area contributed by atoms with Crippen LogP contribution >= 0.6 is 11.6 Å². The quantitative estimate of drug-likeness (QED) is 0.749. The monoisotopic (exact) mass is 372 g/mol. The number of hydrogen-bond donors (Lipinski definition) is 0. The van der Waals surface area contributed by atoms with Gasteiger partial charge >= 0.3 is 6.03 Å². The molecule has 2 aliphatic rings. The molecule has 2 aromatic rings. The average molecular weight is 373 g/mol. The van der Waals surface area contributed by atoms with E-state index < -0.39 is 5.72 Å². The fourth-order valence-electron chi connectivity index (χ4n) is 3.81. The van der Waals surface area contributed by atoms with Gasteiger partial charge in [-0.05, 0) is 25.1 Å². The predicted octanol–water partition coefficient (Wildman–Crippen LogP) is 3.85. The summed E-state index contributed by atoms with van der Waals surface area (Å²) in [6.07, 6.45) is 0. The number of amides is 2. The van der Waals surface area contributed by atoms with Gasteiger partial charge < -0.3 is 9.47 Å². The Kier molecular flexibility index (Phi) is 4.61. The molecule has 26 heavy (non-hydrogen) atoms. The van der Waals surface area contributed by atoms with Crippen LogP contribution in [0.5, 0.6) is 0 Å². The molecule has 4 rings (SSSR count). The van der Waals surface area contributed by atoms with Gasteiger partial charge in [0.1, 0.15) is 0 Å². The maximum Gasteiger partial charge on any atom is 0.327 e. The largest absolute Gasteiger partial charge is 0.380 e. The Morgan fingerprint density at radius 2 is 2.04 bits per heavy atom. The number of rotatable bonds is 5. The Morgan fingerprint density at radius 1 is 1.23 bits per heavy atom. The zero-order valence-electron chi connectivity index (χ0n) is 14.7. The topological polar surface area (TPSA) is 42.0 Å². The highest BCUT2D eigenvalue weighted by Crippen LogP contribution is 2.49. The zero-order valence-corrected chi connectivity index (χ0v) is 15.4. The molecule has 0 N–H and O–H groups in total. The number of anilines is 1. The van der Waals surface area contributed by atoms with Crippen molar-refractivity contribution >= 4 is 23.3 Å². The van der Waals surface area contributed by atoms with E-state index in [1.165, 1.54) is 0 Å². The van der Waals surface area contributed by atoms with E-state index in [0.29, 0.717) is 37.9 Å². The molecule has 1 atom stereocenters. The third-order valence-electron chi connectivity index (χ3n) is 4.91. The number of carbonyl (C=O) groups excluding carboxylic acids is 1. The number of ether oxygens (including phenoxy) is 2. The highest BCUT2D eigenvalue weighted by Gasteiger charge is 2.54. The van der Waals surface area contributed by atoms with Crippen LogP contribution < -0.4 is 4.90 Å². The molecule has 2 aliphatic heterocycles. The van der Waals surface area contributed by atoms with E-state index in [1.807, 2.05) is 55.5 Å². The van der Waals surface area contributed by atoms with Gasteiger partial charge in [-0.25, -0.2) is 4.79 Å². The number of urea groups is 1. The summed E-state index contributed by atoms with van der Waals surface area (Å²) >= 11 is 6.33. The first-order chi connectivity index (χ1) is 12.7. The number of halogens is 1. The molecule has 6 heteroatoms. The van der Waals surface area contributed by atoms with Gasteiger partial charge in [-0.3, -0.25) is 9.80 Å². The highest BCUT2D eigenvalue weighted by molar-refractivity contribution is 6.30. The van der Waals surface area contributed by atoms with Crippen LogP contribution in [0.15, 0.2) is 48.5 Å². The van der Waals surface area contributed by atoms with E-state index in [4.69, 9.17) is 21.1 Å². The number of nitrogens with zero attached hydrogens (tertiary/aromatic N) is 2. The van der Waals surface area contributed by atoms with Crippen molar-refractivity contribution in [2.75, 3.05) is 37.8 Å². The summed E-state index contributed by atoms with van der Waals surface area (Å²) in [5, 5.41) is 0.619. The summed E-state index contributed by atoms with van der Waals surface area (Å²) in [6, 6.07) is 15.4. The molecule has 0 saturated carbocycles. The molecule has 0 aliphatic carbocycles. The van der Waals surface area contributed by atoms with Gasteiger partial charge in [-0.15, -0.1) is 0 Å². The number of carbonyl (C=O) groups is 1. The van der Waals surface area contributed by atoms with E-state index in [1.54, 1.807) is 9.80 Å². The van der Waals surface area contributed by atoms with Crippen LogP contribution in [0.3, 0.4) is 0 Å². The molecule has 0 spiro atoms. The number of fused-ring (bicyclic) bond motifs is 3. The van der Waals surface area contributed by atoms with Crippen molar-refractivity contribution < 1.29 is 14.3 Å². The second-order valence-corrected chi connectivity index (χ2v) is 6.74. The van der Waals surface area contributed by atoms with E-state index in [2.05, 4.69) is 0 Å². The molecule has 2 amide bonds. The van der Waals surface area contributed by atoms with Crippen molar-refractivity contribution in [3.8, 4) is 0 Å². The molecule has 0 aromatic heterocycles. The zero-order chi connectivity index (χ0) is 18.1. The van der Waals surface area contributed by atoms with Gasteiger partial charge in [0, 0.05) is 29.3 Å².